The fraction of sp³-hybridized carbons (Fsp3) is 0.458. The molecule has 7 nitrogen and oxygen atoms in total. The maximum atomic E-state index is 6.05. The topological polar surface area (TPSA) is 64.6 Å². The first-order valence-electron chi connectivity index (χ1n) is 10.5. The minimum atomic E-state index is 0. The summed E-state index contributed by atoms with van der Waals surface area (Å²) in [6, 6.07) is 12.3. The van der Waals surface area contributed by atoms with Gasteiger partial charge in [0.1, 0.15) is 6.10 Å². The van der Waals surface area contributed by atoms with Crippen molar-refractivity contribution in [3.05, 3.63) is 53.1 Å². The van der Waals surface area contributed by atoms with E-state index in [0.717, 1.165) is 31.0 Å². The highest BCUT2D eigenvalue weighted by Gasteiger charge is 2.25. The summed E-state index contributed by atoms with van der Waals surface area (Å²) in [6.45, 7) is 5.08. The van der Waals surface area contributed by atoms with Crippen molar-refractivity contribution >= 4 is 29.9 Å². The first-order chi connectivity index (χ1) is 15.1. The molecule has 3 rings (SSSR count). The Balaban J connectivity index is 0.00000363. The Hall–Kier alpha value is -2.20. The predicted octanol–water partition coefficient (Wildman–Crippen LogP) is 3.83. The summed E-state index contributed by atoms with van der Waals surface area (Å²) in [6.07, 6.45) is 0.799. The summed E-state index contributed by atoms with van der Waals surface area (Å²) >= 11 is 0. The molecule has 1 N–H and O–H groups in total. The molecule has 1 saturated heterocycles. The molecular formula is C24H34IN3O4. The molecule has 2 aromatic carbocycles. The lowest BCUT2D eigenvalue weighted by atomic mass is 10.0. The second-order valence-electron chi connectivity index (χ2n) is 7.38. The van der Waals surface area contributed by atoms with Crippen molar-refractivity contribution in [1.29, 1.82) is 0 Å². The van der Waals surface area contributed by atoms with Crippen LogP contribution in [0.25, 0.3) is 0 Å². The van der Waals surface area contributed by atoms with Crippen LogP contribution in [0.3, 0.4) is 0 Å². The number of hydrogen-bond donors (Lipinski definition) is 1. The summed E-state index contributed by atoms with van der Waals surface area (Å²) in [5.74, 6) is 2.84. The molecule has 0 aromatic heterocycles. The van der Waals surface area contributed by atoms with Crippen molar-refractivity contribution in [1.82, 2.24) is 10.2 Å². The fourth-order valence-corrected chi connectivity index (χ4v) is 3.98. The van der Waals surface area contributed by atoms with Crippen molar-refractivity contribution in [2.24, 2.45) is 4.99 Å². The molecule has 0 amide bonds. The molecule has 0 aliphatic carbocycles. The number of benzene rings is 2. The first kappa shape index (κ1) is 26.1. The van der Waals surface area contributed by atoms with Crippen LogP contribution < -0.4 is 19.5 Å². The lowest BCUT2D eigenvalue weighted by Gasteiger charge is -2.35. The van der Waals surface area contributed by atoms with Crippen molar-refractivity contribution in [3.8, 4) is 17.2 Å². The van der Waals surface area contributed by atoms with Gasteiger partial charge in [-0.25, -0.2) is 0 Å². The number of guanidine groups is 1. The molecule has 2 aromatic rings. The van der Waals surface area contributed by atoms with Gasteiger partial charge >= 0.3 is 0 Å². The summed E-state index contributed by atoms with van der Waals surface area (Å²) in [4.78, 5) is 6.75. The molecule has 0 spiro atoms. The lowest BCUT2D eigenvalue weighted by molar-refractivity contribution is -0.00829. The number of aliphatic imine (C=N–C) groups is 1. The Morgan fingerprint density at radius 1 is 1.09 bits per heavy atom. The number of rotatable bonds is 7. The van der Waals surface area contributed by atoms with Gasteiger partial charge in [-0.2, -0.15) is 0 Å². The van der Waals surface area contributed by atoms with E-state index in [1.807, 2.05) is 19.2 Å². The predicted molar refractivity (Wildman–Crippen MR) is 138 cm³/mol. The molecule has 1 heterocycles. The monoisotopic (exact) mass is 555 g/mol. The molecule has 0 saturated carbocycles. The Bertz CT molecular complexity index is 907. The number of aryl methyl sites for hydroxylation is 1. The van der Waals surface area contributed by atoms with E-state index in [9.17, 15) is 0 Å². The standard InChI is InChI=1S/C24H33N3O4.HI/c1-17-8-6-7-9-19(17)21-16-27(14-15-31-21)24(25-2)26-13-12-18-10-11-20(28-3)23(30-5)22(18)29-4;/h6-11,21H,12-16H2,1-5H3,(H,25,26);1H. The fourth-order valence-electron chi connectivity index (χ4n) is 3.98. The van der Waals surface area contributed by atoms with E-state index in [1.165, 1.54) is 11.1 Å². The highest BCUT2D eigenvalue weighted by Crippen LogP contribution is 2.39. The van der Waals surface area contributed by atoms with Gasteiger partial charge in [0.05, 0.1) is 34.5 Å². The molecule has 0 bridgehead atoms. The van der Waals surface area contributed by atoms with Gasteiger partial charge in [0.2, 0.25) is 5.75 Å². The van der Waals surface area contributed by atoms with Crippen LogP contribution >= 0.6 is 24.0 Å². The maximum absolute atomic E-state index is 6.05. The average molecular weight is 555 g/mol. The van der Waals surface area contributed by atoms with E-state index in [0.29, 0.717) is 30.4 Å². The smallest absolute Gasteiger partial charge is 0.203 e. The van der Waals surface area contributed by atoms with E-state index >= 15 is 0 Å². The number of methoxy groups -OCH3 is 3. The van der Waals surface area contributed by atoms with Crippen LogP contribution in [-0.2, 0) is 11.2 Å². The van der Waals surface area contributed by atoms with Crippen LogP contribution in [0.5, 0.6) is 17.2 Å². The zero-order valence-electron chi connectivity index (χ0n) is 19.5. The van der Waals surface area contributed by atoms with E-state index < -0.39 is 0 Å². The summed E-state index contributed by atoms with van der Waals surface area (Å²) < 4.78 is 22.5. The number of morpholine rings is 1. The van der Waals surface area contributed by atoms with Gasteiger partial charge in [-0.05, 0) is 30.5 Å². The highest BCUT2D eigenvalue weighted by atomic mass is 127. The maximum Gasteiger partial charge on any atom is 0.203 e. The zero-order chi connectivity index (χ0) is 22.2. The summed E-state index contributed by atoms with van der Waals surface area (Å²) in [7, 11) is 6.70. The van der Waals surface area contributed by atoms with Gasteiger partial charge in [0, 0.05) is 25.7 Å². The molecule has 32 heavy (non-hydrogen) atoms. The summed E-state index contributed by atoms with van der Waals surface area (Å²) in [5, 5.41) is 3.48. The van der Waals surface area contributed by atoms with Gasteiger partial charge in [0.15, 0.2) is 17.5 Å². The Labute approximate surface area is 208 Å². The third-order valence-electron chi connectivity index (χ3n) is 5.58. The molecular weight excluding hydrogens is 521 g/mol. The molecule has 8 heteroatoms. The SMILES string of the molecule is CN=C(NCCc1ccc(OC)c(OC)c1OC)N1CCOC(c2ccccc2C)C1.I. The lowest BCUT2D eigenvalue weighted by Crippen LogP contribution is -2.48. The number of hydrogen-bond acceptors (Lipinski definition) is 5. The molecule has 1 aliphatic heterocycles. The normalized spacial score (nSPS) is 16.2. The molecule has 176 valence electrons. The largest absolute Gasteiger partial charge is 0.493 e. The van der Waals surface area contributed by atoms with Crippen LogP contribution in [0.2, 0.25) is 0 Å². The number of ether oxygens (including phenoxy) is 4. The van der Waals surface area contributed by atoms with Crippen molar-refractivity contribution in [3.63, 3.8) is 0 Å². The molecule has 1 aliphatic rings. The minimum Gasteiger partial charge on any atom is -0.493 e. The van der Waals surface area contributed by atoms with Crippen molar-refractivity contribution in [2.45, 2.75) is 19.4 Å². The second kappa shape index (κ2) is 12.7. The van der Waals surface area contributed by atoms with Crippen molar-refractivity contribution < 1.29 is 18.9 Å². The van der Waals surface area contributed by atoms with E-state index in [1.54, 1.807) is 21.3 Å². The van der Waals surface area contributed by atoms with Gasteiger partial charge in [0.25, 0.3) is 0 Å². The van der Waals surface area contributed by atoms with Crippen LogP contribution in [-0.4, -0.2) is 65.5 Å². The van der Waals surface area contributed by atoms with Crippen LogP contribution in [0.15, 0.2) is 41.4 Å². The number of nitrogens with one attached hydrogen (secondary N) is 1. The first-order valence-corrected chi connectivity index (χ1v) is 10.5. The Kier molecular flexibility index (Phi) is 10.4. The Morgan fingerprint density at radius 3 is 2.50 bits per heavy atom. The van der Waals surface area contributed by atoms with Gasteiger partial charge < -0.3 is 29.2 Å². The number of halogens is 1. The molecule has 1 unspecified atom stereocenters. The van der Waals surface area contributed by atoms with E-state index in [2.05, 4.69) is 46.4 Å². The average Bonchev–Trinajstić information content (AvgIpc) is 2.81. The Morgan fingerprint density at radius 2 is 1.84 bits per heavy atom. The van der Waals surface area contributed by atoms with Crippen molar-refractivity contribution in [2.75, 3.05) is 54.6 Å². The summed E-state index contributed by atoms with van der Waals surface area (Å²) in [5.41, 5.74) is 3.53. The van der Waals surface area contributed by atoms with Crippen LogP contribution in [0.4, 0.5) is 0 Å². The second-order valence-corrected chi connectivity index (χ2v) is 7.38. The third kappa shape index (κ3) is 5.98. The highest BCUT2D eigenvalue weighted by molar-refractivity contribution is 14.0. The third-order valence-corrected chi connectivity index (χ3v) is 5.58. The van der Waals surface area contributed by atoms with E-state index in [-0.39, 0.29) is 30.1 Å². The molecule has 1 atom stereocenters. The van der Waals surface area contributed by atoms with Crippen LogP contribution in [0.1, 0.15) is 22.8 Å². The number of nitrogens with zero attached hydrogens (tertiary/aromatic N) is 2. The van der Waals surface area contributed by atoms with E-state index in [4.69, 9.17) is 18.9 Å². The van der Waals surface area contributed by atoms with Gasteiger partial charge in [-0.3, -0.25) is 4.99 Å². The molecule has 0 radical (unpaired) electrons. The van der Waals surface area contributed by atoms with Crippen LogP contribution in [0, 0.1) is 6.92 Å². The minimum absolute atomic E-state index is 0. The molecule has 1 fully saturated rings. The zero-order valence-corrected chi connectivity index (χ0v) is 21.8. The quantitative estimate of drug-likeness (QED) is 0.319. The van der Waals surface area contributed by atoms with Gasteiger partial charge in [-0.15, -0.1) is 24.0 Å². The van der Waals surface area contributed by atoms with Gasteiger partial charge in [-0.1, -0.05) is 30.3 Å².